The lowest BCUT2D eigenvalue weighted by atomic mass is 9.78. The van der Waals surface area contributed by atoms with Gasteiger partial charge >= 0.3 is 0 Å². The minimum Gasteiger partial charge on any atom is -0.507 e. The Bertz CT molecular complexity index is 864. The molecule has 1 aliphatic rings. The first-order valence-electron chi connectivity index (χ1n) is 10.6. The van der Waals surface area contributed by atoms with Gasteiger partial charge < -0.3 is 10.0 Å². The monoisotopic (exact) mass is 427 g/mol. The van der Waals surface area contributed by atoms with Crippen molar-refractivity contribution in [1.82, 2.24) is 5.01 Å². The lowest BCUT2D eigenvalue weighted by Gasteiger charge is -2.34. The Balaban J connectivity index is 1.75. The molecule has 0 saturated carbocycles. The molecular weight excluding hydrogens is 394 g/mol. The Kier molecular flexibility index (Phi) is 6.37. The van der Waals surface area contributed by atoms with E-state index in [0.717, 1.165) is 47.9 Å². The van der Waals surface area contributed by atoms with Crippen LogP contribution in [0.1, 0.15) is 58.2 Å². The molecule has 30 heavy (non-hydrogen) atoms. The minimum absolute atomic E-state index is 0.141. The van der Waals surface area contributed by atoms with Crippen molar-refractivity contribution < 1.29 is 5.11 Å². The SMILES string of the molecule is CC(C)(C)c1cc(/C=N\N2CCN(c3ccc(Cl)cc3)CC2)cc(C(C)(C)C)c1O. The molecular formula is C25H34ClN3O. The molecule has 0 spiro atoms. The first kappa shape index (κ1) is 22.5. The van der Waals surface area contributed by atoms with Gasteiger partial charge in [-0.3, -0.25) is 5.01 Å². The summed E-state index contributed by atoms with van der Waals surface area (Å²) >= 11 is 6.00. The van der Waals surface area contributed by atoms with Crippen molar-refractivity contribution in [3.8, 4) is 5.75 Å². The summed E-state index contributed by atoms with van der Waals surface area (Å²) in [4.78, 5) is 2.36. The van der Waals surface area contributed by atoms with Crippen molar-refractivity contribution >= 4 is 23.5 Å². The fourth-order valence-electron chi connectivity index (χ4n) is 3.74. The average molecular weight is 428 g/mol. The number of hydrogen-bond acceptors (Lipinski definition) is 4. The lowest BCUT2D eigenvalue weighted by molar-refractivity contribution is 0.272. The van der Waals surface area contributed by atoms with Crippen LogP contribution in [0.2, 0.25) is 5.02 Å². The summed E-state index contributed by atoms with van der Waals surface area (Å²) in [7, 11) is 0. The third kappa shape index (κ3) is 5.28. The molecule has 1 saturated heterocycles. The van der Waals surface area contributed by atoms with Crippen LogP contribution in [-0.4, -0.2) is 42.5 Å². The van der Waals surface area contributed by atoms with E-state index in [0.29, 0.717) is 5.75 Å². The molecule has 0 atom stereocenters. The standard InChI is InChI=1S/C25H34ClN3O/c1-24(2,3)21-15-18(16-22(23(21)30)25(4,5)6)17-27-29-13-11-28(12-14-29)20-9-7-19(26)8-10-20/h7-10,15-17,30H,11-14H2,1-6H3/b27-17-. The molecule has 1 aliphatic heterocycles. The fourth-order valence-corrected chi connectivity index (χ4v) is 3.87. The third-order valence-electron chi connectivity index (χ3n) is 5.57. The van der Waals surface area contributed by atoms with Gasteiger partial charge in [0.2, 0.25) is 0 Å². The second-order valence-electron chi connectivity index (χ2n) is 10.1. The molecule has 1 N–H and O–H groups in total. The molecule has 4 nitrogen and oxygen atoms in total. The molecule has 0 bridgehead atoms. The minimum atomic E-state index is -0.141. The van der Waals surface area contributed by atoms with E-state index in [2.05, 4.69) is 75.7 Å². The number of anilines is 1. The Hall–Kier alpha value is -2.20. The van der Waals surface area contributed by atoms with Crippen LogP contribution in [0.3, 0.4) is 0 Å². The molecule has 162 valence electrons. The van der Waals surface area contributed by atoms with Crippen LogP contribution in [0.5, 0.6) is 5.75 Å². The topological polar surface area (TPSA) is 39.1 Å². The highest BCUT2D eigenvalue weighted by Gasteiger charge is 2.26. The van der Waals surface area contributed by atoms with Gasteiger partial charge in [-0.15, -0.1) is 0 Å². The number of hydrazone groups is 1. The molecule has 3 rings (SSSR count). The summed E-state index contributed by atoms with van der Waals surface area (Å²) in [5, 5.41) is 18.5. The van der Waals surface area contributed by atoms with E-state index in [1.165, 1.54) is 5.69 Å². The number of aromatic hydroxyl groups is 1. The van der Waals surface area contributed by atoms with Crippen molar-refractivity contribution in [1.29, 1.82) is 0 Å². The summed E-state index contributed by atoms with van der Waals surface area (Å²) in [6, 6.07) is 12.1. The van der Waals surface area contributed by atoms with Gasteiger partial charge in [0.05, 0.1) is 19.3 Å². The second-order valence-corrected chi connectivity index (χ2v) is 10.6. The quantitative estimate of drug-likeness (QED) is 0.629. The van der Waals surface area contributed by atoms with Crippen LogP contribution >= 0.6 is 11.6 Å². The first-order chi connectivity index (χ1) is 13.9. The highest BCUT2D eigenvalue weighted by atomic mass is 35.5. The summed E-state index contributed by atoms with van der Waals surface area (Å²) < 4.78 is 0. The van der Waals surface area contributed by atoms with Gasteiger partial charge in [0.15, 0.2) is 0 Å². The van der Waals surface area contributed by atoms with Crippen LogP contribution in [0, 0.1) is 0 Å². The Morgan fingerprint density at radius 2 is 1.37 bits per heavy atom. The van der Waals surface area contributed by atoms with E-state index >= 15 is 0 Å². The molecule has 2 aromatic rings. The maximum atomic E-state index is 10.9. The largest absolute Gasteiger partial charge is 0.507 e. The number of phenols is 1. The van der Waals surface area contributed by atoms with Crippen molar-refractivity contribution in [2.75, 3.05) is 31.1 Å². The average Bonchev–Trinajstić information content (AvgIpc) is 2.66. The molecule has 0 amide bonds. The van der Waals surface area contributed by atoms with E-state index in [-0.39, 0.29) is 10.8 Å². The van der Waals surface area contributed by atoms with Gasteiger partial charge in [0.25, 0.3) is 0 Å². The van der Waals surface area contributed by atoms with Crippen LogP contribution < -0.4 is 4.90 Å². The van der Waals surface area contributed by atoms with Gasteiger partial charge in [-0.2, -0.15) is 5.10 Å². The number of halogens is 1. The Morgan fingerprint density at radius 3 is 1.83 bits per heavy atom. The highest BCUT2D eigenvalue weighted by molar-refractivity contribution is 6.30. The maximum absolute atomic E-state index is 10.9. The van der Waals surface area contributed by atoms with Gasteiger partial charge in [-0.1, -0.05) is 53.1 Å². The van der Waals surface area contributed by atoms with Crippen molar-refractivity contribution in [3.05, 3.63) is 58.1 Å². The van der Waals surface area contributed by atoms with E-state index < -0.39 is 0 Å². The predicted molar refractivity (Wildman–Crippen MR) is 128 cm³/mol. The predicted octanol–water partition coefficient (Wildman–Crippen LogP) is 5.80. The number of piperazine rings is 1. The van der Waals surface area contributed by atoms with E-state index in [4.69, 9.17) is 16.7 Å². The number of hydrogen-bond donors (Lipinski definition) is 1. The normalized spacial score (nSPS) is 15.8. The van der Waals surface area contributed by atoms with E-state index in [1.54, 1.807) is 0 Å². The summed E-state index contributed by atoms with van der Waals surface area (Å²) in [5.74, 6) is 0.406. The van der Waals surface area contributed by atoms with E-state index in [9.17, 15) is 5.11 Å². The molecule has 0 aromatic heterocycles. The van der Waals surface area contributed by atoms with Gasteiger partial charge in [-0.05, 0) is 52.8 Å². The van der Waals surface area contributed by atoms with Gasteiger partial charge in [-0.25, -0.2) is 0 Å². The van der Waals surface area contributed by atoms with E-state index in [1.807, 2.05) is 18.3 Å². The Morgan fingerprint density at radius 1 is 0.867 bits per heavy atom. The zero-order valence-corrected chi connectivity index (χ0v) is 19.8. The first-order valence-corrected chi connectivity index (χ1v) is 11.0. The van der Waals surface area contributed by atoms with Crippen molar-refractivity contribution in [3.63, 3.8) is 0 Å². The molecule has 5 heteroatoms. The highest BCUT2D eigenvalue weighted by Crippen LogP contribution is 2.39. The smallest absolute Gasteiger partial charge is 0.123 e. The van der Waals surface area contributed by atoms with Gasteiger partial charge in [0, 0.05) is 34.9 Å². The van der Waals surface area contributed by atoms with Crippen LogP contribution in [0.4, 0.5) is 5.69 Å². The van der Waals surface area contributed by atoms with Crippen molar-refractivity contribution in [2.45, 2.75) is 52.4 Å². The number of nitrogens with zero attached hydrogens (tertiary/aromatic N) is 3. The van der Waals surface area contributed by atoms with Crippen LogP contribution in [0.15, 0.2) is 41.5 Å². The molecule has 0 unspecified atom stereocenters. The number of rotatable bonds is 3. The van der Waals surface area contributed by atoms with Crippen LogP contribution in [-0.2, 0) is 10.8 Å². The molecule has 0 aliphatic carbocycles. The summed E-state index contributed by atoms with van der Waals surface area (Å²) in [5.41, 5.74) is 3.87. The Labute approximate surface area is 186 Å². The van der Waals surface area contributed by atoms with Crippen molar-refractivity contribution in [2.24, 2.45) is 5.10 Å². The lowest BCUT2D eigenvalue weighted by Crippen LogP contribution is -2.44. The van der Waals surface area contributed by atoms with Gasteiger partial charge in [0.1, 0.15) is 5.75 Å². The molecule has 1 fully saturated rings. The number of benzene rings is 2. The maximum Gasteiger partial charge on any atom is 0.123 e. The third-order valence-corrected chi connectivity index (χ3v) is 5.82. The van der Waals surface area contributed by atoms with Crippen LogP contribution in [0.25, 0.3) is 0 Å². The summed E-state index contributed by atoms with van der Waals surface area (Å²) in [6.07, 6.45) is 1.93. The zero-order valence-electron chi connectivity index (χ0n) is 19.0. The molecule has 0 radical (unpaired) electrons. The molecule has 1 heterocycles. The fraction of sp³-hybridized carbons (Fsp3) is 0.480. The second kappa shape index (κ2) is 8.50. The molecule has 2 aromatic carbocycles. The number of phenolic OH excluding ortho intramolecular Hbond substituents is 1. The summed E-state index contributed by atoms with van der Waals surface area (Å²) in [6.45, 7) is 16.4. The zero-order chi connectivity index (χ0) is 22.1.